The van der Waals surface area contributed by atoms with Crippen molar-refractivity contribution in [3.05, 3.63) is 11.4 Å². The molecule has 0 saturated heterocycles. The zero-order valence-corrected chi connectivity index (χ0v) is 6.84. The Kier molecular flexibility index (Phi) is 2.81. The van der Waals surface area contributed by atoms with Gasteiger partial charge in [-0.15, -0.1) is 0 Å². The lowest BCUT2D eigenvalue weighted by Crippen LogP contribution is -2.26. The molecule has 0 bridgehead atoms. The molecule has 4 heteroatoms. The van der Waals surface area contributed by atoms with Gasteiger partial charge in [0.1, 0.15) is 0 Å². The fourth-order valence-corrected chi connectivity index (χ4v) is 1.17. The summed E-state index contributed by atoms with van der Waals surface area (Å²) in [7, 11) is 0. The summed E-state index contributed by atoms with van der Waals surface area (Å²) < 4.78 is 17.8. The molecule has 1 aliphatic carbocycles. The Hall–Kier alpha value is -0.900. The van der Waals surface area contributed by atoms with E-state index < -0.39 is 11.8 Å². The molecule has 3 nitrogen and oxygen atoms in total. The Balaban J connectivity index is 2.42. The van der Waals surface area contributed by atoms with E-state index in [2.05, 4.69) is 0 Å². The number of halogens is 1. The molecular formula is C8H11FO3. The van der Waals surface area contributed by atoms with Crippen molar-refractivity contribution in [2.45, 2.75) is 25.9 Å². The number of rotatable bonds is 3. The number of aliphatic carboxylic acids is 1. The van der Waals surface area contributed by atoms with E-state index in [4.69, 9.17) is 9.84 Å². The van der Waals surface area contributed by atoms with Crippen LogP contribution >= 0.6 is 0 Å². The van der Waals surface area contributed by atoms with E-state index in [1.54, 1.807) is 0 Å². The molecule has 68 valence electrons. The number of carboxylic acids is 1. The van der Waals surface area contributed by atoms with Crippen LogP contribution in [0.3, 0.4) is 0 Å². The highest BCUT2D eigenvalue weighted by Crippen LogP contribution is 2.32. The summed E-state index contributed by atoms with van der Waals surface area (Å²) in [5.41, 5.74) is 0.362. The molecule has 0 aliphatic heterocycles. The van der Waals surface area contributed by atoms with Gasteiger partial charge in [-0.3, -0.25) is 0 Å². The normalized spacial score (nSPS) is 21.8. The fourth-order valence-electron chi connectivity index (χ4n) is 1.17. The first kappa shape index (κ1) is 9.19. The molecule has 1 aliphatic rings. The first-order chi connectivity index (χ1) is 5.65. The van der Waals surface area contributed by atoms with E-state index >= 15 is 0 Å². The first-order valence-electron chi connectivity index (χ1n) is 3.87. The van der Waals surface area contributed by atoms with Gasteiger partial charge in [0.15, 0.2) is 0 Å². The van der Waals surface area contributed by atoms with Gasteiger partial charge in [0.2, 0.25) is 5.83 Å². The minimum atomic E-state index is -1.47. The number of hydrogen-bond donors (Lipinski definition) is 1. The lowest BCUT2D eigenvalue weighted by atomic mass is 9.88. The SMILES string of the molecule is CCOC1CC(=C(F)C(=O)O)C1. The third kappa shape index (κ3) is 1.82. The van der Waals surface area contributed by atoms with Gasteiger partial charge in [-0.25, -0.2) is 4.79 Å². The van der Waals surface area contributed by atoms with Crippen molar-refractivity contribution in [2.75, 3.05) is 6.61 Å². The van der Waals surface area contributed by atoms with Gasteiger partial charge in [-0.2, -0.15) is 4.39 Å². The summed E-state index contributed by atoms with van der Waals surface area (Å²) >= 11 is 0. The second-order valence-corrected chi connectivity index (χ2v) is 2.71. The lowest BCUT2D eigenvalue weighted by Gasteiger charge is -2.28. The highest BCUT2D eigenvalue weighted by atomic mass is 19.1. The lowest BCUT2D eigenvalue weighted by molar-refractivity contribution is -0.134. The summed E-state index contributed by atoms with van der Waals surface area (Å²) in [5, 5.41) is 8.26. The topological polar surface area (TPSA) is 46.5 Å². The van der Waals surface area contributed by atoms with Crippen LogP contribution in [0.15, 0.2) is 11.4 Å². The van der Waals surface area contributed by atoms with Crippen LogP contribution in [0.1, 0.15) is 19.8 Å². The summed E-state index contributed by atoms with van der Waals surface area (Å²) in [4.78, 5) is 10.1. The van der Waals surface area contributed by atoms with Crippen molar-refractivity contribution in [1.29, 1.82) is 0 Å². The Morgan fingerprint density at radius 3 is 2.75 bits per heavy atom. The number of ether oxygens (including phenoxy) is 1. The number of carbonyl (C=O) groups is 1. The molecule has 0 spiro atoms. The van der Waals surface area contributed by atoms with Gasteiger partial charge in [-0.05, 0) is 25.3 Å². The van der Waals surface area contributed by atoms with E-state index in [1.165, 1.54) is 0 Å². The van der Waals surface area contributed by atoms with Crippen LogP contribution in [0.25, 0.3) is 0 Å². The Bertz CT molecular complexity index is 214. The average Bonchev–Trinajstić information content (AvgIpc) is 1.94. The predicted molar refractivity (Wildman–Crippen MR) is 40.4 cm³/mol. The van der Waals surface area contributed by atoms with Crippen molar-refractivity contribution < 1.29 is 19.0 Å². The highest BCUT2D eigenvalue weighted by Gasteiger charge is 2.29. The van der Waals surface area contributed by atoms with Gasteiger partial charge >= 0.3 is 5.97 Å². The smallest absolute Gasteiger partial charge is 0.364 e. The van der Waals surface area contributed by atoms with Crippen LogP contribution in [0.5, 0.6) is 0 Å². The van der Waals surface area contributed by atoms with Crippen molar-refractivity contribution in [2.24, 2.45) is 0 Å². The summed E-state index contributed by atoms with van der Waals surface area (Å²) in [5.74, 6) is -2.48. The minimum Gasteiger partial charge on any atom is -0.476 e. The second kappa shape index (κ2) is 3.67. The number of hydrogen-bond acceptors (Lipinski definition) is 2. The Labute approximate surface area is 69.8 Å². The van der Waals surface area contributed by atoms with Crippen LogP contribution in [-0.2, 0) is 9.53 Å². The molecule has 1 saturated carbocycles. The summed E-state index contributed by atoms with van der Waals surface area (Å²) in [6.45, 7) is 2.45. The van der Waals surface area contributed by atoms with Crippen LogP contribution < -0.4 is 0 Å². The zero-order valence-electron chi connectivity index (χ0n) is 6.84. The Morgan fingerprint density at radius 2 is 2.33 bits per heavy atom. The van der Waals surface area contributed by atoms with Crippen molar-refractivity contribution in [3.63, 3.8) is 0 Å². The second-order valence-electron chi connectivity index (χ2n) is 2.71. The first-order valence-corrected chi connectivity index (χ1v) is 3.87. The molecule has 0 aromatic heterocycles. The van der Waals surface area contributed by atoms with E-state index in [0.717, 1.165) is 0 Å². The van der Waals surface area contributed by atoms with Gasteiger partial charge in [0.25, 0.3) is 0 Å². The van der Waals surface area contributed by atoms with Crippen LogP contribution in [-0.4, -0.2) is 23.8 Å². The molecule has 1 rings (SSSR count). The maximum Gasteiger partial charge on any atom is 0.364 e. The zero-order chi connectivity index (χ0) is 9.14. The molecule has 12 heavy (non-hydrogen) atoms. The third-order valence-corrected chi connectivity index (χ3v) is 1.85. The molecular weight excluding hydrogens is 163 g/mol. The quantitative estimate of drug-likeness (QED) is 0.659. The summed E-state index contributed by atoms with van der Waals surface area (Å²) in [6.07, 6.45) is 0.868. The van der Waals surface area contributed by atoms with E-state index in [9.17, 15) is 9.18 Å². The van der Waals surface area contributed by atoms with Crippen LogP contribution in [0, 0.1) is 0 Å². The number of carboxylic acid groups (broad SMARTS) is 1. The van der Waals surface area contributed by atoms with E-state index in [-0.39, 0.29) is 6.10 Å². The van der Waals surface area contributed by atoms with Crippen LogP contribution in [0.4, 0.5) is 4.39 Å². The maximum absolute atomic E-state index is 12.6. The molecule has 0 aromatic rings. The van der Waals surface area contributed by atoms with Gasteiger partial charge < -0.3 is 9.84 Å². The van der Waals surface area contributed by atoms with Crippen molar-refractivity contribution in [3.8, 4) is 0 Å². The van der Waals surface area contributed by atoms with E-state index in [0.29, 0.717) is 25.0 Å². The standard InChI is InChI=1S/C8H11FO3/c1-2-12-6-3-5(4-6)7(9)8(10)11/h6H,2-4H2,1H3,(H,10,11). The average molecular weight is 174 g/mol. The van der Waals surface area contributed by atoms with Gasteiger partial charge in [0, 0.05) is 6.61 Å². The monoisotopic (exact) mass is 174 g/mol. The molecule has 1 fully saturated rings. The van der Waals surface area contributed by atoms with Crippen LogP contribution in [0.2, 0.25) is 0 Å². The molecule has 1 N–H and O–H groups in total. The third-order valence-electron chi connectivity index (χ3n) is 1.85. The molecule has 0 heterocycles. The molecule has 0 amide bonds. The van der Waals surface area contributed by atoms with Gasteiger partial charge in [-0.1, -0.05) is 0 Å². The summed E-state index contributed by atoms with van der Waals surface area (Å²) in [6, 6.07) is 0. The highest BCUT2D eigenvalue weighted by molar-refractivity contribution is 5.85. The van der Waals surface area contributed by atoms with Crippen molar-refractivity contribution in [1.82, 2.24) is 0 Å². The largest absolute Gasteiger partial charge is 0.476 e. The van der Waals surface area contributed by atoms with Crippen molar-refractivity contribution >= 4 is 5.97 Å². The fraction of sp³-hybridized carbons (Fsp3) is 0.625. The maximum atomic E-state index is 12.6. The molecule has 0 radical (unpaired) electrons. The van der Waals surface area contributed by atoms with Gasteiger partial charge in [0.05, 0.1) is 6.10 Å². The molecule has 0 aromatic carbocycles. The molecule has 0 unspecified atom stereocenters. The molecule has 0 atom stereocenters. The minimum absolute atomic E-state index is 0.0232. The van der Waals surface area contributed by atoms with E-state index in [1.807, 2.05) is 6.92 Å². The predicted octanol–water partition coefficient (Wildman–Crippen LogP) is 1.49. The Morgan fingerprint density at radius 1 is 1.75 bits per heavy atom.